The molecule has 0 spiro atoms. The average Bonchev–Trinajstić information content (AvgIpc) is 3.57. The number of aliphatic imine (C=N–C) groups is 1. The van der Waals surface area contributed by atoms with Crippen LogP contribution in [-0.4, -0.2) is 5.71 Å². The van der Waals surface area contributed by atoms with Gasteiger partial charge in [-0.25, -0.2) is 0 Å². The number of fused-ring (bicyclic) bond motifs is 5. The SMILES string of the molecule is C1=C(c2ccccc2)NC(c2cc(-c3ccc(-c4ccccc4)c4ccccc34)c3oc4cc5ccccc5cc4c3c2)N=C1c1ccccc1. The molecule has 1 N–H and O–H groups in total. The first kappa shape index (κ1) is 29.2. The maximum Gasteiger partial charge on any atom is 0.145 e. The lowest BCUT2D eigenvalue weighted by Gasteiger charge is -2.25. The highest BCUT2D eigenvalue weighted by molar-refractivity contribution is 6.17. The van der Waals surface area contributed by atoms with Gasteiger partial charge in [0.05, 0.1) is 5.71 Å². The lowest BCUT2D eigenvalue weighted by molar-refractivity contribution is 0.660. The summed E-state index contributed by atoms with van der Waals surface area (Å²) in [6.45, 7) is 0. The molecule has 0 bridgehead atoms. The van der Waals surface area contributed by atoms with Gasteiger partial charge in [-0.05, 0) is 85.3 Å². The van der Waals surface area contributed by atoms with Crippen molar-refractivity contribution in [3.8, 4) is 22.3 Å². The predicted molar refractivity (Wildman–Crippen MR) is 213 cm³/mol. The van der Waals surface area contributed by atoms with Gasteiger partial charge in [-0.1, -0.05) is 152 Å². The van der Waals surface area contributed by atoms with Gasteiger partial charge < -0.3 is 9.73 Å². The van der Waals surface area contributed by atoms with E-state index in [2.05, 4.69) is 181 Å². The molecule has 240 valence electrons. The highest BCUT2D eigenvalue weighted by Crippen LogP contribution is 2.44. The van der Waals surface area contributed by atoms with Gasteiger partial charge in [0.25, 0.3) is 0 Å². The molecule has 1 aromatic heterocycles. The van der Waals surface area contributed by atoms with Crippen LogP contribution in [0.25, 0.3) is 71.4 Å². The third-order valence-electron chi connectivity index (χ3n) is 10.1. The maximum atomic E-state index is 6.87. The number of benzene rings is 8. The molecular formula is C48H32N2O. The Morgan fingerprint density at radius 2 is 1.04 bits per heavy atom. The van der Waals surface area contributed by atoms with E-state index in [1.165, 1.54) is 27.3 Å². The Morgan fingerprint density at radius 1 is 0.451 bits per heavy atom. The van der Waals surface area contributed by atoms with Crippen molar-refractivity contribution < 1.29 is 4.42 Å². The van der Waals surface area contributed by atoms with E-state index in [0.29, 0.717) is 0 Å². The van der Waals surface area contributed by atoms with Crippen LogP contribution in [0.1, 0.15) is 22.9 Å². The summed E-state index contributed by atoms with van der Waals surface area (Å²) in [5.74, 6) is 0. The Kier molecular flexibility index (Phi) is 6.88. The van der Waals surface area contributed by atoms with Gasteiger partial charge in [0, 0.05) is 22.0 Å². The van der Waals surface area contributed by atoms with E-state index >= 15 is 0 Å². The molecule has 0 aliphatic carbocycles. The molecular weight excluding hydrogens is 621 g/mol. The summed E-state index contributed by atoms with van der Waals surface area (Å²) in [7, 11) is 0. The van der Waals surface area contributed by atoms with E-state index in [9.17, 15) is 0 Å². The molecule has 51 heavy (non-hydrogen) atoms. The summed E-state index contributed by atoms with van der Waals surface area (Å²) in [6, 6.07) is 62.3. The monoisotopic (exact) mass is 652 g/mol. The Bertz CT molecular complexity index is 2810. The molecule has 8 aromatic carbocycles. The Hall–Kier alpha value is -6.71. The second-order valence-electron chi connectivity index (χ2n) is 13.2. The summed E-state index contributed by atoms with van der Waals surface area (Å²) >= 11 is 0. The van der Waals surface area contributed by atoms with E-state index in [-0.39, 0.29) is 6.17 Å². The quantitative estimate of drug-likeness (QED) is 0.201. The lowest BCUT2D eigenvalue weighted by atomic mass is 9.90. The van der Waals surface area contributed by atoms with E-state index in [4.69, 9.17) is 9.41 Å². The van der Waals surface area contributed by atoms with Crippen LogP contribution in [0.5, 0.6) is 0 Å². The summed E-state index contributed by atoms with van der Waals surface area (Å²) in [5, 5.41) is 10.7. The predicted octanol–water partition coefficient (Wildman–Crippen LogP) is 12.4. The summed E-state index contributed by atoms with van der Waals surface area (Å²) in [4.78, 5) is 5.37. The number of furan rings is 1. The van der Waals surface area contributed by atoms with Crippen LogP contribution in [0.3, 0.4) is 0 Å². The molecule has 1 aliphatic heterocycles. The minimum Gasteiger partial charge on any atom is -0.455 e. The molecule has 2 heterocycles. The molecule has 1 aliphatic rings. The van der Waals surface area contributed by atoms with Gasteiger partial charge in [0.2, 0.25) is 0 Å². The summed E-state index contributed by atoms with van der Waals surface area (Å²) < 4.78 is 6.87. The van der Waals surface area contributed by atoms with Crippen molar-refractivity contribution in [1.82, 2.24) is 5.32 Å². The number of nitrogens with one attached hydrogen (secondary N) is 1. The van der Waals surface area contributed by atoms with Gasteiger partial charge in [0.1, 0.15) is 17.3 Å². The number of hydrogen-bond acceptors (Lipinski definition) is 3. The normalized spacial score (nSPS) is 14.5. The van der Waals surface area contributed by atoms with Crippen molar-refractivity contribution in [2.75, 3.05) is 0 Å². The molecule has 3 heteroatoms. The van der Waals surface area contributed by atoms with Crippen molar-refractivity contribution >= 4 is 54.9 Å². The first-order valence-corrected chi connectivity index (χ1v) is 17.4. The zero-order chi connectivity index (χ0) is 33.7. The van der Waals surface area contributed by atoms with Gasteiger partial charge >= 0.3 is 0 Å². The molecule has 0 fully saturated rings. The van der Waals surface area contributed by atoms with Crippen molar-refractivity contribution in [1.29, 1.82) is 0 Å². The molecule has 9 aromatic rings. The number of hydrogen-bond donors (Lipinski definition) is 1. The highest BCUT2D eigenvalue weighted by atomic mass is 16.3. The van der Waals surface area contributed by atoms with Crippen LogP contribution in [0.15, 0.2) is 191 Å². The molecule has 0 saturated carbocycles. The van der Waals surface area contributed by atoms with Crippen molar-refractivity contribution in [3.05, 3.63) is 199 Å². The van der Waals surface area contributed by atoms with Crippen LogP contribution in [0.4, 0.5) is 0 Å². The largest absolute Gasteiger partial charge is 0.455 e. The van der Waals surface area contributed by atoms with Crippen LogP contribution in [0, 0.1) is 0 Å². The molecule has 1 unspecified atom stereocenters. The summed E-state index contributed by atoms with van der Waals surface area (Å²) in [6.07, 6.45) is 1.83. The molecule has 10 rings (SSSR count). The second kappa shape index (κ2) is 12.0. The topological polar surface area (TPSA) is 37.5 Å². The minimum absolute atomic E-state index is 0.330. The smallest absolute Gasteiger partial charge is 0.145 e. The van der Waals surface area contributed by atoms with Crippen molar-refractivity contribution in [2.45, 2.75) is 6.17 Å². The highest BCUT2D eigenvalue weighted by Gasteiger charge is 2.24. The third kappa shape index (κ3) is 5.10. The van der Waals surface area contributed by atoms with Gasteiger partial charge in [0.15, 0.2) is 0 Å². The van der Waals surface area contributed by atoms with E-state index < -0.39 is 0 Å². The molecule has 3 nitrogen and oxygen atoms in total. The van der Waals surface area contributed by atoms with Gasteiger partial charge in [-0.15, -0.1) is 0 Å². The molecule has 0 radical (unpaired) electrons. The average molecular weight is 653 g/mol. The maximum absolute atomic E-state index is 6.87. The Balaban J connectivity index is 1.24. The molecule has 1 atom stereocenters. The van der Waals surface area contributed by atoms with E-state index in [1.54, 1.807) is 0 Å². The fourth-order valence-corrected chi connectivity index (χ4v) is 7.59. The van der Waals surface area contributed by atoms with Crippen LogP contribution >= 0.6 is 0 Å². The first-order valence-electron chi connectivity index (χ1n) is 17.4. The van der Waals surface area contributed by atoms with Gasteiger partial charge in [-0.3, -0.25) is 4.99 Å². The fraction of sp³-hybridized carbons (Fsp3) is 0.0208. The van der Waals surface area contributed by atoms with Crippen LogP contribution < -0.4 is 5.32 Å². The minimum atomic E-state index is -0.330. The number of rotatable bonds is 5. The summed E-state index contributed by atoms with van der Waals surface area (Å²) in [5.41, 5.74) is 11.6. The third-order valence-corrected chi connectivity index (χ3v) is 10.1. The lowest BCUT2D eigenvalue weighted by Crippen LogP contribution is -2.24. The number of nitrogens with zero attached hydrogens (tertiary/aromatic N) is 1. The first-order chi connectivity index (χ1) is 25.3. The number of allylic oxidation sites excluding steroid dienone is 1. The van der Waals surface area contributed by atoms with E-state index in [0.717, 1.165) is 66.6 Å². The Labute approximate surface area is 295 Å². The molecule has 0 saturated heterocycles. The molecule has 0 amide bonds. The van der Waals surface area contributed by atoms with Crippen LogP contribution in [-0.2, 0) is 0 Å². The zero-order valence-electron chi connectivity index (χ0n) is 27.8. The zero-order valence-corrected chi connectivity index (χ0v) is 27.8. The standard InChI is InChI=1S/C48H32N2O/c1-4-14-31(15-5-1)37-24-25-40(39-23-13-12-22-38(37)39)42-27-36(28-43-41-26-34-20-10-11-21-35(34)29-46(41)51-47(42)43)48-49-44(32-16-6-2-7-17-32)30-45(50-48)33-18-8-3-9-19-33/h1-30,48-49H. The van der Waals surface area contributed by atoms with Crippen LogP contribution in [0.2, 0.25) is 0 Å². The Morgan fingerprint density at radius 3 is 1.76 bits per heavy atom. The van der Waals surface area contributed by atoms with E-state index in [1.807, 2.05) is 6.07 Å². The van der Waals surface area contributed by atoms with Crippen molar-refractivity contribution in [3.63, 3.8) is 0 Å². The second-order valence-corrected chi connectivity index (χ2v) is 13.2. The van der Waals surface area contributed by atoms with Crippen molar-refractivity contribution in [2.24, 2.45) is 4.99 Å². The van der Waals surface area contributed by atoms with Gasteiger partial charge in [-0.2, -0.15) is 0 Å². The fourth-order valence-electron chi connectivity index (χ4n) is 7.59.